The van der Waals surface area contributed by atoms with Gasteiger partial charge in [0.15, 0.2) is 5.64 Å². The third-order valence-electron chi connectivity index (χ3n) is 4.86. The standard InChI is InChI=1S/C19H22NOPSi/c1-3-9-17(10-4-1)20-19-21-23(18-11-5-2-6-12-18)15-7-13-22(19)14-8-16-23/h1-6,9-12H,7-8,13-16H2. The summed E-state index contributed by atoms with van der Waals surface area (Å²) in [4.78, 5) is 4.95. The van der Waals surface area contributed by atoms with Gasteiger partial charge in [0.2, 0.25) is 0 Å². The molecule has 2 saturated heterocycles. The maximum atomic E-state index is 6.83. The van der Waals surface area contributed by atoms with Crippen LogP contribution in [0.25, 0.3) is 0 Å². The largest absolute Gasteiger partial charge is 0.526 e. The van der Waals surface area contributed by atoms with Crippen molar-refractivity contribution in [1.82, 2.24) is 0 Å². The Morgan fingerprint density at radius 3 is 2.09 bits per heavy atom. The van der Waals surface area contributed by atoms with Crippen LogP contribution in [0.2, 0.25) is 12.1 Å². The minimum atomic E-state index is -1.90. The summed E-state index contributed by atoms with van der Waals surface area (Å²) >= 11 is 0. The fraction of sp³-hybridized carbons (Fsp3) is 0.316. The third-order valence-corrected chi connectivity index (χ3v) is 11.8. The molecule has 2 aromatic carbocycles. The normalized spacial score (nSPS) is 28.9. The first-order valence-electron chi connectivity index (χ1n) is 8.49. The Hall–Kier alpha value is -1.44. The lowest BCUT2D eigenvalue weighted by Gasteiger charge is -2.30. The average molecular weight is 339 g/mol. The fourth-order valence-electron chi connectivity index (χ4n) is 3.68. The highest BCUT2D eigenvalue weighted by Gasteiger charge is 2.45. The molecule has 0 aliphatic carbocycles. The molecule has 23 heavy (non-hydrogen) atoms. The maximum absolute atomic E-state index is 6.83. The summed E-state index contributed by atoms with van der Waals surface area (Å²) < 4.78 is 6.83. The van der Waals surface area contributed by atoms with E-state index in [0.717, 1.165) is 11.3 Å². The van der Waals surface area contributed by atoms with E-state index < -0.39 is 8.32 Å². The smallest absolute Gasteiger partial charge is 0.285 e. The van der Waals surface area contributed by atoms with Crippen molar-refractivity contribution in [3.8, 4) is 0 Å². The van der Waals surface area contributed by atoms with Crippen LogP contribution in [-0.4, -0.2) is 26.3 Å². The Bertz CT molecular complexity index is 679. The minimum Gasteiger partial charge on any atom is -0.526 e. The van der Waals surface area contributed by atoms with Crippen molar-refractivity contribution in [1.29, 1.82) is 0 Å². The van der Waals surface area contributed by atoms with Crippen molar-refractivity contribution >= 4 is 32.8 Å². The fourth-order valence-corrected chi connectivity index (χ4v) is 11.1. The van der Waals surface area contributed by atoms with Crippen molar-refractivity contribution in [3.63, 3.8) is 0 Å². The van der Waals surface area contributed by atoms with Crippen molar-refractivity contribution in [2.45, 2.75) is 24.9 Å². The first-order valence-corrected chi connectivity index (χ1v) is 12.5. The van der Waals surface area contributed by atoms with Gasteiger partial charge in [0.25, 0.3) is 8.32 Å². The molecular weight excluding hydrogens is 317 g/mol. The molecule has 2 aromatic rings. The molecule has 0 amide bonds. The minimum absolute atomic E-state index is 0.204. The lowest BCUT2D eigenvalue weighted by atomic mass is 10.3. The van der Waals surface area contributed by atoms with Crippen LogP contribution in [0.4, 0.5) is 5.69 Å². The van der Waals surface area contributed by atoms with E-state index in [0.29, 0.717) is 0 Å². The molecule has 0 N–H and O–H groups in total. The van der Waals surface area contributed by atoms with E-state index in [9.17, 15) is 0 Å². The molecule has 2 heterocycles. The van der Waals surface area contributed by atoms with Gasteiger partial charge in [0.05, 0.1) is 5.69 Å². The molecule has 0 aromatic heterocycles. The van der Waals surface area contributed by atoms with Gasteiger partial charge in [-0.05, 0) is 62.5 Å². The van der Waals surface area contributed by atoms with E-state index in [1.807, 2.05) is 6.07 Å². The van der Waals surface area contributed by atoms with Crippen molar-refractivity contribution < 1.29 is 4.43 Å². The van der Waals surface area contributed by atoms with Crippen molar-refractivity contribution in [3.05, 3.63) is 60.7 Å². The Kier molecular flexibility index (Phi) is 4.32. The molecule has 0 radical (unpaired) electrons. The number of hydrogen-bond donors (Lipinski definition) is 0. The van der Waals surface area contributed by atoms with Crippen LogP contribution < -0.4 is 5.19 Å². The molecule has 2 bridgehead atoms. The van der Waals surface area contributed by atoms with E-state index in [4.69, 9.17) is 9.42 Å². The van der Waals surface area contributed by atoms with E-state index >= 15 is 0 Å². The number of benzene rings is 2. The lowest BCUT2D eigenvalue weighted by molar-refractivity contribution is 0.555. The van der Waals surface area contributed by atoms with Gasteiger partial charge < -0.3 is 4.43 Å². The van der Waals surface area contributed by atoms with Crippen LogP contribution in [-0.2, 0) is 4.43 Å². The number of hydrogen-bond acceptors (Lipinski definition) is 2. The quantitative estimate of drug-likeness (QED) is 0.567. The summed E-state index contributed by atoms with van der Waals surface area (Å²) in [6.07, 6.45) is 5.20. The molecule has 0 atom stereocenters. The highest BCUT2D eigenvalue weighted by atomic mass is 31.1. The van der Waals surface area contributed by atoms with Crippen LogP contribution in [0.1, 0.15) is 12.8 Å². The Labute approximate surface area is 140 Å². The van der Waals surface area contributed by atoms with E-state index in [1.54, 1.807) is 0 Å². The summed E-state index contributed by atoms with van der Waals surface area (Å²) in [5.41, 5.74) is 2.12. The van der Waals surface area contributed by atoms with Gasteiger partial charge in [-0.15, -0.1) is 0 Å². The monoisotopic (exact) mass is 339 g/mol. The van der Waals surface area contributed by atoms with E-state index in [2.05, 4.69) is 54.6 Å². The Morgan fingerprint density at radius 1 is 0.826 bits per heavy atom. The van der Waals surface area contributed by atoms with Gasteiger partial charge >= 0.3 is 0 Å². The average Bonchev–Trinajstić information content (AvgIpc) is 2.86. The van der Waals surface area contributed by atoms with Gasteiger partial charge in [-0.1, -0.05) is 48.5 Å². The predicted molar refractivity (Wildman–Crippen MR) is 102 cm³/mol. The summed E-state index contributed by atoms with van der Waals surface area (Å²) in [5.74, 6) is 0. The van der Waals surface area contributed by atoms with Crippen LogP contribution in [0.15, 0.2) is 65.7 Å². The first-order chi connectivity index (χ1) is 11.4. The molecule has 2 nitrogen and oxygen atoms in total. The summed E-state index contributed by atoms with van der Waals surface area (Å²) in [5, 5.41) is 1.46. The molecule has 2 aliphatic heterocycles. The van der Waals surface area contributed by atoms with Crippen molar-refractivity contribution in [2.24, 2.45) is 4.99 Å². The van der Waals surface area contributed by atoms with Gasteiger partial charge in [-0.3, -0.25) is 0 Å². The maximum Gasteiger partial charge on any atom is 0.285 e. The molecule has 0 saturated carbocycles. The predicted octanol–water partition coefficient (Wildman–Crippen LogP) is 4.83. The zero-order valence-electron chi connectivity index (χ0n) is 13.3. The van der Waals surface area contributed by atoms with E-state index in [-0.39, 0.29) is 7.92 Å². The summed E-state index contributed by atoms with van der Waals surface area (Å²) in [6, 6.07) is 23.8. The highest BCUT2D eigenvalue weighted by Crippen LogP contribution is 2.49. The molecular formula is C19H22NOPSi. The number of aliphatic imine (C=N–C) groups is 1. The van der Waals surface area contributed by atoms with Crippen LogP contribution in [0, 0.1) is 0 Å². The topological polar surface area (TPSA) is 21.6 Å². The molecule has 4 heteroatoms. The second-order valence-corrected chi connectivity index (χ2v) is 12.5. The summed E-state index contributed by atoms with van der Waals surface area (Å²) in [6.45, 7) is 0. The SMILES string of the molecule is c1ccc(N=C2O[Si]3(c4ccccc4)CCCP2CCC3)cc1. The van der Waals surface area contributed by atoms with E-state index in [1.165, 1.54) is 42.4 Å². The lowest BCUT2D eigenvalue weighted by Crippen LogP contribution is -2.50. The second kappa shape index (κ2) is 6.58. The number of para-hydroxylation sites is 1. The van der Waals surface area contributed by atoms with Crippen LogP contribution >= 0.6 is 7.92 Å². The molecule has 4 rings (SSSR count). The van der Waals surface area contributed by atoms with Gasteiger partial charge in [0.1, 0.15) is 0 Å². The Morgan fingerprint density at radius 2 is 1.43 bits per heavy atom. The number of rotatable bonds is 2. The van der Waals surface area contributed by atoms with Gasteiger partial charge in [0, 0.05) is 0 Å². The number of fused-ring (bicyclic) bond motifs is 3. The molecule has 118 valence electrons. The molecule has 0 unspecified atom stereocenters. The zero-order valence-corrected chi connectivity index (χ0v) is 15.2. The van der Waals surface area contributed by atoms with Gasteiger partial charge in [-0.25, -0.2) is 4.99 Å². The second-order valence-electron chi connectivity index (χ2n) is 6.39. The third kappa shape index (κ3) is 3.13. The molecule has 0 spiro atoms. The molecule has 2 aliphatic rings. The number of nitrogens with zero attached hydrogens (tertiary/aromatic N) is 1. The van der Waals surface area contributed by atoms with Crippen LogP contribution in [0.5, 0.6) is 0 Å². The Balaban J connectivity index is 1.75. The van der Waals surface area contributed by atoms with Crippen LogP contribution in [0.3, 0.4) is 0 Å². The highest BCUT2D eigenvalue weighted by molar-refractivity contribution is 7.75. The zero-order chi connectivity index (χ0) is 15.5. The molecule has 2 fully saturated rings. The first kappa shape index (κ1) is 15.1. The summed E-state index contributed by atoms with van der Waals surface area (Å²) in [7, 11) is -2.10. The van der Waals surface area contributed by atoms with Gasteiger partial charge in [-0.2, -0.15) is 0 Å². The van der Waals surface area contributed by atoms with Crippen molar-refractivity contribution in [2.75, 3.05) is 12.3 Å².